The zero-order valence-electron chi connectivity index (χ0n) is 21.9. The Kier molecular flexibility index (Phi) is 7.94. The number of carbonyl (C=O) groups excluding carboxylic acids is 1. The van der Waals surface area contributed by atoms with Crippen LogP contribution in [0.15, 0.2) is 48.5 Å². The Labute approximate surface area is 234 Å². The number of sulfone groups is 1. The van der Waals surface area contributed by atoms with Gasteiger partial charge in [-0.2, -0.15) is 0 Å². The second-order valence-electron chi connectivity index (χ2n) is 11.4. The van der Waals surface area contributed by atoms with Crippen molar-refractivity contribution in [3.63, 3.8) is 0 Å². The first-order chi connectivity index (χ1) is 17.6. The van der Waals surface area contributed by atoms with Gasteiger partial charge in [-0.05, 0) is 81.8 Å². The molecule has 206 valence electrons. The van der Waals surface area contributed by atoms with Crippen molar-refractivity contribution in [2.75, 3.05) is 5.75 Å². The number of rotatable bonds is 8. The number of carboxylic acid groups (broad SMARTS) is 1. The molecule has 38 heavy (non-hydrogen) atoms. The quantitative estimate of drug-likeness (QED) is 0.419. The second kappa shape index (κ2) is 10.5. The van der Waals surface area contributed by atoms with Crippen molar-refractivity contribution in [3.8, 4) is 0 Å². The van der Waals surface area contributed by atoms with Crippen LogP contribution >= 0.6 is 23.2 Å². The largest absolute Gasteiger partial charge is 0.481 e. The van der Waals surface area contributed by atoms with E-state index in [4.69, 9.17) is 27.9 Å². The molecular weight excluding hydrogens is 549 g/mol. The van der Waals surface area contributed by atoms with Crippen LogP contribution in [0.4, 0.5) is 0 Å². The molecule has 4 unspecified atom stereocenters. The number of hydrogen-bond donors (Lipinski definition) is 1. The zero-order valence-corrected chi connectivity index (χ0v) is 24.2. The van der Waals surface area contributed by atoms with Crippen LogP contribution in [0.1, 0.15) is 70.2 Å². The fraction of sp³-hybridized carbons (Fsp3) is 0.500. The van der Waals surface area contributed by atoms with Crippen LogP contribution in [-0.2, 0) is 24.2 Å². The molecule has 2 aromatic rings. The molecule has 7 nitrogen and oxygen atoms in total. The molecule has 1 heterocycles. The molecule has 1 aliphatic carbocycles. The molecule has 2 aromatic carbocycles. The summed E-state index contributed by atoms with van der Waals surface area (Å²) in [6, 6.07) is 12.6. The first kappa shape index (κ1) is 28.9. The summed E-state index contributed by atoms with van der Waals surface area (Å²) < 4.78 is 32.3. The summed E-state index contributed by atoms with van der Waals surface area (Å²) in [4.78, 5) is 27.8. The lowest BCUT2D eigenvalue weighted by Crippen LogP contribution is -2.62. The topological polar surface area (TPSA) is 101 Å². The predicted octanol–water partition coefficient (Wildman–Crippen LogP) is 5.86. The van der Waals surface area contributed by atoms with Crippen LogP contribution < -0.4 is 0 Å². The van der Waals surface area contributed by atoms with Gasteiger partial charge in [-0.15, -0.1) is 0 Å². The predicted molar refractivity (Wildman–Crippen MR) is 147 cm³/mol. The number of ether oxygens (including phenoxy) is 1. The molecule has 1 saturated heterocycles. The maximum absolute atomic E-state index is 14.3. The molecule has 0 aromatic heterocycles. The van der Waals surface area contributed by atoms with Gasteiger partial charge in [-0.25, -0.2) is 8.42 Å². The van der Waals surface area contributed by atoms with E-state index < -0.39 is 56.7 Å². The van der Waals surface area contributed by atoms with Crippen molar-refractivity contribution in [3.05, 3.63) is 69.7 Å². The number of benzene rings is 2. The Morgan fingerprint density at radius 1 is 1.11 bits per heavy atom. The standard InChI is InChI=1S/C28H33Cl2NO6S/c1-27(2,3)38(35,36)16-22(17-8-9-17)31-24(18-10-12-20(29)13-11-18)25(19-6-5-7-21(30)14-19)37-28(4,26(31)34)15-23(32)33/h5-7,10-14,17,22,24-25H,8-9,15-16H2,1-4H3,(H,32,33). The number of carbonyl (C=O) groups is 2. The first-order valence-electron chi connectivity index (χ1n) is 12.6. The van der Waals surface area contributed by atoms with Crippen molar-refractivity contribution < 1.29 is 27.9 Å². The number of halogens is 2. The van der Waals surface area contributed by atoms with Crippen LogP contribution in [0.2, 0.25) is 10.0 Å². The van der Waals surface area contributed by atoms with Crippen molar-refractivity contribution in [2.45, 2.75) is 75.5 Å². The number of carboxylic acids is 1. The normalized spacial score (nSPS) is 25.3. The van der Waals surface area contributed by atoms with Crippen LogP contribution in [0, 0.1) is 5.92 Å². The van der Waals surface area contributed by atoms with Crippen LogP contribution in [0.3, 0.4) is 0 Å². The molecule has 1 amide bonds. The Bertz CT molecular complexity index is 1320. The minimum Gasteiger partial charge on any atom is -0.481 e. The Morgan fingerprint density at radius 2 is 1.74 bits per heavy atom. The molecule has 1 aliphatic heterocycles. The van der Waals surface area contributed by atoms with E-state index in [2.05, 4.69) is 0 Å². The highest BCUT2D eigenvalue weighted by molar-refractivity contribution is 7.92. The molecule has 0 spiro atoms. The summed E-state index contributed by atoms with van der Waals surface area (Å²) in [5.41, 5.74) is -0.371. The van der Waals surface area contributed by atoms with Crippen LogP contribution in [-0.4, -0.2) is 52.4 Å². The third-order valence-electron chi connectivity index (χ3n) is 7.38. The first-order valence-corrected chi connectivity index (χ1v) is 15.0. The van der Waals surface area contributed by atoms with Gasteiger partial charge in [0.2, 0.25) is 0 Å². The maximum Gasteiger partial charge on any atom is 0.306 e. The molecule has 0 bridgehead atoms. The van der Waals surface area contributed by atoms with Gasteiger partial charge in [0.25, 0.3) is 5.91 Å². The monoisotopic (exact) mass is 581 g/mol. The fourth-order valence-corrected chi connectivity index (χ4v) is 6.74. The Balaban J connectivity index is 1.94. The van der Waals surface area contributed by atoms with E-state index in [-0.39, 0.29) is 11.7 Å². The Hall–Kier alpha value is -2.13. The molecule has 4 rings (SSSR count). The van der Waals surface area contributed by atoms with Gasteiger partial charge in [0.1, 0.15) is 6.10 Å². The van der Waals surface area contributed by atoms with E-state index in [0.717, 1.165) is 12.8 Å². The summed E-state index contributed by atoms with van der Waals surface area (Å²) >= 11 is 12.5. The summed E-state index contributed by atoms with van der Waals surface area (Å²) in [6.45, 7) is 6.41. The highest BCUT2D eigenvalue weighted by atomic mass is 35.5. The number of amides is 1. The maximum atomic E-state index is 14.3. The van der Waals surface area contributed by atoms with Gasteiger partial charge in [0.05, 0.1) is 23.0 Å². The fourth-order valence-electron chi connectivity index (χ4n) is 5.03. The second-order valence-corrected chi connectivity index (χ2v) is 15.1. The van der Waals surface area contributed by atoms with Gasteiger partial charge in [-0.3, -0.25) is 9.59 Å². The zero-order chi connectivity index (χ0) is 28.0. The van der Waals surface area contributed by atoms with E-state index in [1.807, 2.05) is 6.07 Å². The number of nitrogens with zero attached hydrogens (tertiary/aromatic N) is 1. The highest BCUT2D eigenvalue weighted by Crippen LogP contribution is 2.51. The van der Waals surface area contributed by atoms with Crippen LogP contribution in [0.5, 0.6) is 0 Å². The minimum absolute atomic E-state index is 0.0296. The third kappa shape index (κ3) is 5.88. The van der Waals surface area contributed by atoms with Crippen molar-refractivity contribution in [1.29, 1.82) is 0 Å². The van der Waals surface area contributed by atoms with E-state index in [1.165, 1.54) is 6.92 Å². The summed E-state index contributed by atoms with van der Waals surface area (Å²) in [5.74, 6) is -2.00. The van der Waals surface area contributed by atoms with Gasteiger partial charge in [0.15, 0.2) is 15.4 Å². The van der Waals surface area contributed by atoms with Crippen molar-refractivity contribution in [1.82, 2.24) is 4.90 Å². The average molecular weight is 583 g/mol. The molecule has 1 saturated carbocycles. The average Bonchev–Trinajstić information content (AvgIpc) is 3.64. The molecule has 2 fully saturated rings. The van der Waals surface area contributed by atoms with E-state index in [9.17, 15) is 23.1 Å². The van der Waals surface area contributed by atoms with Gasteiger partial charge in [0, 0.05) is 16.1 Å². The molecule has 10 heteroatoms. The SMILES string of the molecule is CC1(CC(=O)O)OC(c2cccc(Cl)c2)C(c2ccc(Cl)cc2)N(C(CS(=O)(=O)C(C)(C)C)C2CC2)C1=O. The summed E-state index contributed by atoms with van der Waals surface area (Å²) in [5, 5.41) is 10.7. The summed E-state index contributed by atoms with van der Waals surface area (Å²) in [7, 11) is -3.63. The smallest absolute Gasteiger partial charge is 0.306 e. The lowest BCUT2D eigenvalue weighted by Gasteiger charge is -2.52. The lowest BCUT2D eigenvalue weighted by atomic mass is 9.85. The number of aliphatic carboxylic acids is 1. The Morgan fingerprint density at radius 3 is 2.26 bits per heavy atom. The van der Waals surface area contributed by atoms with E-state index >= 15 is 0 Å². The van der Waals surface area contributed by atoms with Crippen LogP contribution in [0.25, 0.3) is 0 Å². The lowest BCUT2D eigenvalue weighted by molar-refractivity contribution is -0.206. The molecular formula is C28H33Cl2NO6S. The third-order valence-corrected chi connectivity index (χ3v) is 10.5. The summed E-state index contributed by atoms with van der Waals surface area (Å²) in [6.07, 6.45) is 0.172. The minimum atomic E-state index is -3.63. The van der Waals surface area contributed by atoms with Crippen molar-refractivity contribution >= 4 is 44.9 Å². The van der Waals surface area contributed by atoms with Gasteiger partial charge >= 0.3 is 5.97 Å². The molecule has 2 aliphatic rings. The number of hydrogen-bond acceptors (Lipinski definition) is 5. The molecule has 0 radical (unpaired) electrons. The van der Waals surface area contributed by atoms with Gasteiger partial charge < -0.3 is 14.7 Å². The highest BCUT2D eigenvalue weighted by Gasteiger charge is 2.56. The van der Waals surface area contributed by atoms with E-state index in [0.29, 0.717) is 21.2 Å². The molecule has 1 N–H and O–H groups in total. The van der Waals surface area contributed by atoms with Crippen molar-refractivity contribution in [2.24, 2.45) is 5.92 Å². The number of morpholine rings is 1. The van der Waals surface area contributed by atoms with Gasteiger partial charge in [-0.1, -0.05) is 47.5 Å². The van der Waals surface area contributed by atoms with E-state index in [1.54, 1.807) is 68.1 Å². The molecule has 4 atom stereocenters.